The van der Waals surface area contributed by atoms with Gasteiger partial charge < -0.3 is 11.1 Å². The maximum absolute atomic E-state index is 12.0. The van der Waals surface area contributed by atoms with Crippen molar-refractivity contribution in [3.05, 3.63) is 23.2 Å². The van der Waals surface area contributed by atoms with Gasteiger partial charge in [-0.1, -0.05) is 18.0 Å². The van der Waals surface area contributed by atoms with Gasteiger partial charge >= 0.3 is 0 Å². The number of fused-ring (bicyclic) bond motifs is 1. The molecule has 2 fully saturated rings. The highest BCUT2D eigenvalue weighted by Crippen LogP contribution is 2.57. The normalized spacial score (nSPS) is 29.8. The van der Waals surface area contributed by atoms with Crippen LogP contribution in [-0.2, 0) is 4.79 Å². The summed E-state index contributed by atoms with van der Waals surface area (Å²) in [4.78, 5) is 12.0. The Morgan fingerprint density at radius 2 is 2.06 bits per heavy atom. The lowest BCUT2D eigenvalue weighted by Gasteiger charge is -2.09. The number of rotatable bonds is 2. The van der Waals surface area contributed by atoms with Crippen LogP contribution in [-0.4, -0.2) is 5.91 Å². The summed E-state index contributed by atoms with van der Waals surface area (Å²) in [7, 11) is 0. The van der Waals surface area contributed by atoms with Crippen molar-refractivity contribution >= 4 is 28.9 Å². The van der Waals surface area contributed by atoms with E-state index < -0.39 is 0 Å². The first-order valence-corrected chi connectivity index (χ1v) is 6.40. The standard InChI is InChI=1S/C13H15ClN2O/c14-7-4-5-11(10(15)6-7)16-13(17)12-8-2-1-3-9(8)12/h4-6,8-9,12H,1-3,15H2,(H,16,17). The Labute approximate surface area is 105 Å². The summed E-state index contributed by atoms with van der Waals surface area (Å²) in [6.07, 6.45) is 3.69. The van der Waals surface area contributed by atoms with E-state index in [4.69, 9.17) is 17.3 Å². The van der Waals surface area contributed by atoms with Crippen LogP contribution >= 0.6 is 11.6 Å². The second-order valence-corrected chi connectivity index (χ2v) is 5.44. The SMILES string of the molecule is Nc1cc(Cl)ccc1NC(=O)C1C2CCCC21. The van der Waals surface area contributed by atoms with E-state index >= 15 is 0 Å². The Balaban J connectivity index is 1.69. The number of hydrogen-bond donors (Lipinski definition) is 2. The summed E-state index contributed by atoms with van der Waals surface area (Å²) in [5.41, 5.74) is 7.00. The van der Waals surface area contributed by atoms with Gasteiger partial charge in [-0.2, -0.15) is 0 Å². The molecule has 2 aliphatic rings. The van der Waals surface area contributed by atoms with Crippen molar-refractivity contribution in [1.82, 2.24) is 0 Å². The third-order valence-electron chi connectivity index (χ3n) is 3.98. The van der Waals surface area contributed by atoms with Crippen molar-refractivity contribution in [2.24, 2.45) is 17.8 Å². The smallest absolute Gasteiger partial charge is 0.228 e. The van der Waals surface area contributed by atoms with Gasteiger partial charge in [-0.15, -0.1) is 0 Å². The second kappa shape index (κ2) is 3.91. The lowest BCUT2D eigenvalue weighted by atomic mass is 10.1. The molecular formula is C13H15ClN2O. The summed E-state index contributed by atoms with van der Waals surface area (Å²) in [5.74, 6) is 1.60. The Bertz CT molecular complexity index is 464. The van der Waals surface area contributed by atoms with Crippen molar-refractivity contribution in [2.45, 2.75) is 19.3 Å². The minimum absolute atomic E-state index is 0.119. The fourth-order valence-corrected chi connectivity index (χ4v) is 3.25. The molecule has 2 unspecified atom stereocenters. The van der Waals surface area contributed by atoms with E-state index in [2.05, 4.69) is 5.32 Å². The Kier molecular flexibility index (Phi) is 2.51. The molecule has 3 N–H and O–H groups in total. The largest absolute Gasteiger partial charge is 0.397 e. The fourth-order valence-electron chi connectivity index (χ4n) is 3.07. The van der Waals surface area contributed by atoms with E-state index in [1.807, 2.05) is 0 Å². The van der Waals surface area contributed by atoms with E-state index in [1.54, 1.807) is 18.2 Å². The molecule has 1 aromatic rings. The molecule has 3 nitrogen and oxygen atoms in total. The van der Waals surface area contributed by atoms with Crippen LogP contribution in [0.4, 0.5) is 11.4 Å². The highest BCUT2D eigenvalue weighted by Gasteiger charge is 2.56. The quantitative estimate of drug-likeness (QED) is 0.793. The van der Waals surface area contributed by atoms with E-state index in [-0.39, 0.29) is 11.8 Å². The fraction of sp³-hybridized carbons (Fsp3) is 0.462. The average Bonchev–Trinajstić information content (AvgIpc) is 2.77. The van der Waals surface area contributed by atoms with Gasteiger partial charge in [0, 0.05) is 10.9 Å². The first-order valence-electron chi connectivity index (χ1n) is 6.02. The molecule has 2 saturated carbocycles. The molecule has 0 heterocycles. The van der Waals surface area contributed by atoms with Gasteiger partial charge in [0.2, 0.25) is 5.91 Å². The zero-order valence-corrected chi connectivity index (χ0v) is 10.2. The highest BCUT2D eigenvalue weighted by molar-refractivity contribution is 6.31. The molecule has 4 heteroatoms. The van der Waals surface area contributed by atoms with Crippen LogP contribution in [0, 0.1) is 17.8 Å². The third kappa shape index (κ3) is 1.89. The number of amides is 1. The van der Waals surface area contributed by atoms with Crippen molar-refractivity contribution in [3.8, 4) is 0 Å². The number of halogens is 1. The van der Waals surface area contributed by atoms with Gasteiger partial charge in [0.05, 0.1) is 11.4 Å². The van der Waals surface area contributed by atoms with Gasteiger partial charge in [-0.3, -0.25) is 4.79 Å². The molecule has 1 amide bonds. The number of nitrogens with one attached hydrogen (secondary N) is 1. The zero-order chi connectivity index (χ0) is 12.0. The topological polar surface area (TPSA) is 55.1 Å². The lowest BCUT2D eigenvalue weighted by Crippen LogP contribution is -2.17. The molecule has 1 aromatic carbocycles. The van der Waals surface area contributed by atoms with Gasteiger partial charge in [-0.05, 0) is 42.9 Å². The maximum Gasteiger partial charge on any atom is 0.228 e. The Morgan fingerprint density at radius 3 is 2.71 bits per heavy atom. The number of nitrogens with two attached hydrogens (primary N) is 1. The minimum atomic E-state index is 0.119. The van der Waals surface area contributed by atoms with Crippen molar-refractivity contribution < 1.29 is 4.79 Å². The van der Waals surface area contributed by atoms with Crippen LogP contribution in [0.15, 0.2) is 18.2 Å². The number of anilines is 2. The number of nitrogen functional groups attached to an aromatic ring is 1. The summed E-state index contributed by atoms with van der Waals surface area (Å²) in [5, 5.41) is 3.49. The second-order valence-electron chi connectivity index (χ2n) is 5.01. The van der Waals surface area contributed by atoms with E-state index in [0.29, 0.717) is 28.2 Å². The summed E-state index contributed by atoms with van der Waals surface area (Å²) >= 11 is 5.81. The van der Waals surface area contributed by atoms with Crippen molar-refractivity contribution in [3.63, 3.8) is 0 Å². The Morgan fingerprint density at radius 1 is 1.35 bits per heavy atom. The zero-order valence-electron chi connectivity index (χ0n) is 9.45. The van der Waals surface area contributed by atoms with Crippen LogP contribution in [0.25, 0.3) is 0 Å². The number of benzene rings is 1. The molecule has 2 atom stereocenters. The molecule has 0 radical (unpaired) electrons. The lowest BCUT2D eigenvalue weighted by molar-refractivity contribution is -0.118. The van der Waals surface area contributed by atoms with Crippen LogP contribution in [0.1, 0.15) is 19.3 Å². The molecule has 0 aliphatic heterocycles. The minimum Gasteiger partial charge on any atom is -0.397 e. The predicted molar refractivity (Wildman–Crippen MR) is 68.8 cm³/mol. The van der Waals surface area contributed by atoms with Gasteiger partial charge in [0.25, 0.3) is 0 Å². The number of hydrogen-bond acceptors (Lipinski definition) is 2. The van der Waals surface area contributed by atoms with E-state index in [9.17, 15) is 4.79 Å². The molecule has 3 rings (SSSR count). The highest BCUT2D eigenvalue weighted by atomic mass is 35.5. The van der Waals surface area contributed by atoms with E-state index in [0.717, 1.165) is 0 Å². The number of carbonyl (C=O) groups excluding carboxylic acids is 1. The van der Waals surface area contributed by atoms with Crippen LogP contribution < -0.4 is 11.1 Å². The van der Waals surface area contributed by atoms with Crippen LogP contribution in [0.3, 0.4) is 0 Å². The molecule has 90 valence electrons. The van der Waals surface area contributed by atoms with Gasteiger partial charge in [0.15, 0.2) is 0 Å². The molecule has 0 bridgehead atoms. The average molecular weight is 251 g/mol. The van der Waals surface area contributed by atoms with Crippen molar-refractivity contribution in [1.29, 1.82) is 0 Å². The number of carbonyl (C=O) groups is 1. The van der Waals surface area contributed by atoms with Gasteiger partial charge in [-0.25, -0.2) is 0 Å². The molecule has 0 aromatic heterocycles. The molecule has 0 spiro atoms. The first kappa shape index (κ1) is 10.9. The molecule has 0 saturated heterocycles. The maximum atomic E-state index is 12.0. The first-order chi connectivity index (χ1) is 8.16. The molecular weight excluding hydrogens is 236 g/mol. The summed E-state index contributed by atoms with van der Waals surface area (Å²) in [6.45, 7) is 0. The monoisotopic (exact) mass is 250 g/mol. The summed E-state index contributed by atoms with van der Waals surface area (Å²) < 4.78 is 0. The Hall–Kier alpha value is -1.22. The predicted octanol–water partition coefficient (Wildman–Crippen LogP) is 2.91. The summed E-state index contributed by atoms with van der Waals surface area (Å²) in [6, 6.07) is 5.15. The molecule has 17 heavy (non-hydrogen) atoms. The van der Waals surface area contributed by atoms with Crippen LogP contribution in [0.2, 0.25) is 5.02 Å². The van der Waals surface area contributed by atoms with Crippen molar-refractivity contribution in [2.75, 3.05) is 11.1 Å². The van der Waals surface area contributed by atoms with E-state index in [1.165, 1.54) is 19.3 Å². The third-order valence-corrected chi connectivity index (χ3v) is 4.22. The molecule has 2 aliphatic carbocycles. The van der Waals surface area contributed by atoms with Crippen LogP contribution in [0.5, 0.6) is 0 Å². The van der Waals surface area contributed by atoms with Gasteiger partial charge in [0.1, 0.15) is 0 Å².